The molecule has 58 valence electrons. The van der Waals surface area contributed by atoms with E-state index in [1.807, 2.05) is 0 Å². The van der Waals surface area contributed by atoms with Crippen LogP contribution >= 0.6 is 0 Å². The predicted molar refractivity (Wildman–Crippen MR) is 29.1 cm³/mol. The van der Waals surface area contributed by atoms with Crippen molar-refractivity contribution in [2.75, 3.05) is 6.67 Å². The van der Waals surface area contributed by atoms with Crippen LogP contribution in [0, 0.1) is 0 Å². The summed E-state index contributed by atoms with van der Waals surface area (Å²) in [6.45, 7) is -0.844. The Morgan fingerprint density at radius 2 is 2.40 bits per heavy atom. The Labute approximate surface area is 55.9 Å². The lowest BCUT2D eigenvalue weighted by Crippen LogP contribution is -2.08. The summed E-state index contributed by atoms with van der Waals surface area (Å²) in [4.78, 5) is 9.58. The summed E-state index contributed by atoms with van der Waals surface area (Å²) in [6.07, 6.45) is -2.30. The molecule has 0 spiro atoms. The Balaban J connectivity index is 3.52. The fourth-order valence-corrected chi connectivity index (χ4v) is 0.294. The highest BCUT2D eigenvalue weighted by atomic mass is 19.1. The first-order chi connectivity index (χ1) is 4.66. The molecule has 0 amide bonds. The number of alkyl halides is 2. The van der Waals surface area contributed by atoms with Crippen LogP contribution in [0.15, 0.2) is 12.2 Å². The number of hydrogen-bond acceptors (Lipinski definition) is 2. The van der Waals surface area contributed by atoms with E-state index in [2.05, 4.69) is 4.74 Å². The van der Waals surface area contributed by atoms with Crippen LogP contribution in [0.5, 0.6) is 0 Å². The third-order valence-electron chi connectivity index (χ3n) is 0.590. The minimum atomic E-state index is -2.08. The SMILES string of the molecule is O=C(O)OC(F)C=CCF. The molecule has 0 rings (SSSR count). The fraction of sp³-hybridized carbons (Fsp3) is 0.400. The second-order valence-corrected chi connectivity index (χ2v) is 1.32. The molecule has 0 aliphatic heterocycles. The van der Waals surface area contributed by atoms with Gasteiger partial charge in [-0.2, -0.15) is 4.39 Å². The van der Waals surface area contributed by atoms with Gasteiger partial charge in [-0.25, -0.2) is 9.18 Å². The van der Waals surface area contributed by atoms with Crippen LogP contribution in [0.25, 0.3) is 0 Å². The van der Waals surface area contributed by atoms with E-state index < -0.39 is 19.2 Å². The lowest BCUT2D eigenvalue weighted by Gasteiger charge is -1.98. The number of carbonyl (C=O) groups is 1. The Morgan fingerprint density at radius 1 is 1.80 bits per heavy atom. The van der Waals surface area contributed by atoms with Crippen LogP contribution in [-0.4, -0.2) is 24.3 Å². The third-order valence-corrected chi connectivity index (χ3v) is 0.590. The van der Waals surface area contributed by atoms with Crippen LogP contribution in [-0.2, 0) is 4.74 Å². The van der Waals surface area contributed by atoms with E-state index in [0.29, 0.717) is 6.08 Å². The smallest absolute Gasteiger partial charge is 0.450 e. The average molecular weight is 152 g/mol. The van der Waals surface area contributed by atoms with E-state index >= 15 is 0 Å². The van der Waals surface area contributed by atoms with Crippen LogP contribution in [0.4, 0.5) is 13.6 Å². The van der Waals surface area contributed by atoms with Crippen molar-refractivity contribution >= 4 is 6.16 Å². The van der Waals surface area contributed by atoms with Crippen LogP contribution in [0.1, 0.15) is 0 Å². The van der Waals surface area contributed by atoms with Crippen LogP contribution in [0.3, 0.4) is 0 Å². The van der Waals surface area contributed by atoms with Crippen molar-refractivity contribution in [3.05, 3.63) is 12.2 Å². The average Bonchev–Trinajstić information content (AvgIpc) is 1.82. The van der Waals surface area contributed by atoms with Gasteiger partial charge in [0.05, 0.1) is 0 Å². The molecule has 0 aliphatic rings. The zero-order valence-electron chi connectivity index (χ0n) is 4.96. The molecular weight excluding hydrogens is 146 g/mol. The largest absolute Gasteiger partial charge is 0.508 e. The van der Waals surface area contributed by atoms with Crippen molar-refractivity contribution in [3.8, 4) is 0 Å². The molecule has 0 fully saturated rings. The molecule has 0 radical (unpaired) electrons. The van der Waals surface area contributed by atoms with Gasteiger partial charge in [0.25, 0.3) is 6.36 Å². The maximum Gasteiger partial charge on any atom is 0.508 e. The monoisotopic (exact) mass is 152 g/mol. The summed E-state index contributed by atoms with van der Waals surface area (Å²) >= 11 is 0. The molecule has 1 N–H and O–H groups in total. The van der Waals surface area contributed by atoms with E-state index in [1.54, 1.807) is 0 Å². The minimum absolute atomic E-state index is 0.675. The molecule has 5 heteroatoms. The maximum atomic E-state index is 12.0. The summed E-state index contributed by atoms with van der Waals surface area (Å²) < 4.78 is 26.8. The first kappa shape index (κ1) is 8.87. The van der Waals surface area contributed by atoms with Gasteiger partial charge in [-0.15, -0.1) is 0 Å². The Morgan fingerprint density at radius 3 is 2.80 bits per heavy atom. The normalized spacial score (nSPS) is 13.4. The van der Waals surface area contributed by atoms with Crippen LogP contribution in [0.2, 0.25) is 0 Å². The second kappa shape index (κ2) is 4.72. The molecule has 10 heavy (non-hydrogen) atoms. The first-order valence-electron chi connectivity index (χ1n) is 2.43. The van der Waals surface area contributed by atoms with E-state index in [1.165, 1.54) is 0 Å². The van der Waals surface area contributed by atoms with Gasteiger partial charge in [-0.05, 0) is 6.08 Å². The summed E-state index contributed by atoms with van der Waals surface area (Å²) in [5.41, 5.74) is 0. The highest BCUT2D eigenvalue weighted by molar-refractivity contribution is 5.57. The van der Waals surface area contributed by atoms with E-state index in [4.69, 9.17) is 5.11 Å². The molecule has 1 unspecified atom stereocenters. The topological polar surface area (TPSA) is 46.5 Å². The number of halogens is 2. The van der Waals surface area contributed by atoms with Gasteiger partial charge >= 0.3 is 6.16 Å². The molecule has 0 bridgehead atoms. The van der Waals surface area contributed by atoms with Gasteiger partial charge in [-0.3, -0.25) is 0 Å². The van der Waals surface area contributed by atoms with E-state index in [-0.39, 0.29) is 0 Å². The number of allylic oxidation sites excluding steroid dienone is 1. The van der Waals surface area contributed by atoms with Crippen molar-refractivity contribution in [3.63, 3.8) is 0 Å². The quantitative estimate of drug-likeness (QED) is 0.492. The number of hydrogen-bond donors (Lipinski definition) is 1. The van der Waals surface area contributed by atoms with Gasteiger partial charge in [0.15, 0.2) is 0 Å². The molecule has 0 aliphatic carbocycles. The Bertz CT molecular complexity index is 135. The molecule has 0 saturated carbocycles. The molecule has 0 aromatic heterocycles. The highest BCUT2D eigenvalue weighted by Gasteiger charge is 2.05. The molecule has 0 saturated heterocycles. The first-order valence-corrected chi connectivity index (χ1v) is 2.43. The summed E-state index contributed by atoms with van der Waals surface area (Å²) in [5.74, 6) is 0. The second-order valence-electron chi connectivity index (χ2n) is 1.32. The van der Waals surface area contributed by atoms with Gasteiger partial charge in [-0.1, -0.05) is 6.08 Å². The zero-order valence-corrected chi connectivity index (χ0v) is 4.96. The Hall–Kier alpha value is -1.13. The lowest BCUT2D eigenvalue weighted by atomic mass is 10.5. The third kappa shape index (κ3) is 5.02. The van der Waals surface area contributed by atoms with E-state index in [9.17, 15) is 13.6 Å². The molecular formula is C5H6F2O3. The molecule has 0 heterocycles. The summed E-state index contributed by atoms with van der Waals surface area (Å²) in [6, 6.07) is 0. The Kier molecular flexibility index (Phi) is 4.19. The number of rotatable bonds is 3. The van der Waals surface area contributed by atoms with Crippen LogP contribution < -0.4 is 0 Å². The molecule has 0 aromatic rings. The summed E-state index contributed by atoms with van der Waals surface area (Å²) in [5, 5.41) is 7.79. The highest BCUT2D eigenvalue weighted by Crippen LogP contribution is 1.95. The predicted octanol–water partition coefficient (Wildman–Crippen LogP) is 1.50. The van der Waals surface area contributed by atoms with Crippen molar-refractivity contribution < 1.29 is 23.4 Å². The van der Waals surface area contributed by atoms with Gasteiger partial charge in [0.1, 0.15) is 6.67 Å². The maximum absolute atomic E-state index is 12.0. The molecule has 0 aromatic carbocycles. The van der Waals surface area contributed by atoms with Crippen molar-refractivity contribution in [1.29, 1.82) is 0 Å². The summed E-state index contributed by atoms with van der Waals surface area (Å²) in [7, 11) is 0. The van der Waals surface area contributed by atoms with Crippen molar-refractivity contribution in [2.45, 2.75) is 6.36 Å². The standard InChI is InChI=1S/C5H6F2O3/c6-3-1-2-4(7)10-5(8)9/h1-2,4H,3H2,(H,8,9). The lowest BCUT2D eigenvalue weighted by molar-refractivity contribution is 0.0134. The van der Waals surface area contributed by atoms with Gasteiger partial charge < -0.3 is 9.84 Å². The van der Waals surface area contributed by atoms with Crippen molar-refractivity contribution in [1.82, 2.24) is 0 Å². The number of carboxylic acid groups (broad SMARTS) is 1. The van der Waals surface area contributed by atoms with Gasteiger partial charge in [0, 0.05) is 0 Å². The number of ether oxygens (including phenoxy) is 1. The minimum Gasteiger partial charge on any atom is -0.450 e. The van der Waals surface area contributed by atoms with Gasteiger partial charge in [0.2, 0.25) is 0 Å². The zero-order chi connectivity index (χ0) is 7.98. The molecule has 1 atom stereocenters. The fourth-order valence-electron chi connectivity index (χ4n) is 0.294. The van der Waals surface area contributed by atoms with E-state index in [0.717, 1.165) is 6.08 Å². The molecule has 3 nitrogen and oxygen atoms in total. The van der Waals surface area contributed by atoms with Crippen molar-refractivity contribution in [2.24, 2.45) is 0 Å².